The van der Waals surface area contributed by atoms with Gasteiger partial charge in [0.2, 0.25) is 0 Å². The topological polar surface area (TPSA) is 90.1 Å². The van der Waals surface area contributed by atoms with Crippen molar-refractivity contribution in [3.63, 3.8) is 0 Å². The zero-order valence-electron chi connectivity index (χ0n) is 12.7. The summed E-state index contributed by atoms with van der Waals surface area (Å²) in [4.78, 5) is 21.9. The molecule has 0 unspecified atom stereocenters. The van der Waals surface area contributed by atoms with Gasteiger partial charge in [0.1, 0.15) is 0 Å². The van der Waals surface area contributed by atoms with Crippen molar-refractivity contribution in [2.24, 2.45) is 20.6 Å². The standard InChI is InChI=1S/C10H8.C6H6N6O2/c1-2-6-10-8-4-3-7-9(10)5-1;13-5-1-3-7-11(5)9-10-12-6(14)2-4-8-12/h1-8H;3-4H,1-2H2. The first-order valence-corrected chi connectivity index (χ1v) is 7.30. The minimum Gasteiger partial charge on any atom is -0.270 e. The number of nitrogens with zero attached hydrogens (tertiary/aromatic N) is 6. The monoisotopic (exact) mass is 322 g/mol. The molecule has 8 nitrogen and oxygen atoms in total. The summed E-state index contributed by atoms with van der Waals surface area (Å²) < 4.78 is 0. The smallest absolute Gasteiger partial charge is 0.270 e. The summed E-state index contributed by atoms with van der Waals surface area (Å²) in [6, 6.07) is 16.7. The number of carbonyl (C=O) groups excluding carboxylic acids is 2. The molecule has 24 heavy (non-hydrogen) atoms. The Morgan fingerprint density at radius 1 is 0.708 bits per heavy atom. The summed E-state index contributed by atoms with van der Waals surface area (Å²) in [6.07, 6.45) is 3.24. The minimum atomic E-state index is -0.288. The van der Waals surface area contributed by atoms with Crippen LogP contribution >= 0.6 is 0 Å². The first-order chi connectivity index (χ1) is 11.7. The van der Waals surface area contributed by atoms with Crippen LogP contribution in [0.5, 0.6) is 0 Å². The van der Waals surface area contributed by atoms with Gasteiger partial charge in [-0.1, -0.05) is 58.8 Å². The van der Waals surface area contributed by atoms with Crippen LogP contribution in [0.1, 0.15) is 12.8 Å². The molecular weight excluding hydrogens is 308 g/mol. The molecule has 2 aliphatic heterocycles. The van der Waals surface area contributed by atoms with Crippen LogP contribution in [0.3, 0.4) is 0 Å². The predicted molar refractivity (Wildman–Crippen MR) is 88.7 cm³/mol. The SMILES string of the molecule is O=C1CC=NN1N=NN1N=CCC1=O.c1ccc2ccccc2c1. The molecule has 0 aromatic heterocycles. The molecule has 120 valence electrons. The summed E-state index contributed by atoms with van der Waals surface area (Å²) in [5, 5.41) is 18.4. The number of amides is 2. The lowest BCUT2D eigenvalue weighted by Gasteiger charge is -2.04. The minimum absolute atomic E-state index is 0.205. The molecule has 0 fully saturated rings. The maximum atomic E-state index is 11.0. The van der Waals surface area contributed by atoms with E-state index in [0.717, 1.165) is 10.2 Å². The Bertz CT molecular complexity index is 746. The molecule has 0 N–H and O–H groups in total. The molecule has 2 heterocycles. The molecule has 2 aliphatic rings. The van der Waals surface area contributed by atoms with E-state index < -0.39 is 0 Å². The van der Waals surface area contributed by atoms with E-state index in [2.05, 4.69) is 69.2 Å². The van der Waals surface area contributed by atoms with E-state index in [1.54, 1.807) is 0 Å². The highest BCUT2D eigenvalue weighted by atomic mass is 16.2. The fraction of sp³-hybridized carbons (Fsp3) is 0.125. The van der Waals surface area contributed by atoms with Crippen LogP contribution < -0.4 is 0 Å². The molecule has 0 saturated carbocycles. The van der Waals surface area contributed by atoms with Gasteiger partial charge in [-0.2, -0.15) is 10.2 Å². The van der Waals surface area contributed by atoms with Crippen molar-refractivity contribution in [2.45, 2.75) is 12.8 Å². The maximum Gasteiger partial charge on any atom is 0.271 e. The average molecular weight is 322 g/mol. The highest BCUT2D eigenvalue weighted by Gasteiger charge is 2.19. The highest BCUT2D eigenvalue weighted by Crippen LogP contribution is 2.11. The third-order valence-corrected chi connectivity index (χ3v) is 3.23. The number of benzene rings is 2. The maximum absolute atomic E-state index is 11.0. The van der Waals surface area contributed by atoms with E-state index in [-0.39, 0.29) is 24.7 Å². The van der Waals surface area contributed by atoms with Crippen molar-refractivity contribution in [1.82, 2.24) is 10.2 Å². The fourth-order valence-corrected chi connectivity index (χ4v) is 2.04. The molecule has 0 spiro atoms. The molecular formula is C16H14N6O2. The second-order valence-corrected chi connectivity index (χ2v) is 4.90. The van der Waals surface area contributed by atoms with E-state index in [1.807, 2.05) is 0 Å². The summed E-state index contributed by atoms with van der Waals surface area (Å²) >= 11 is 0. The van der Waals surface area contributed by atoms with Crippen molar-refractivity contribution in [3.05, 3.63) is 48.5 Å². The van der Waals surface area contributed by atoms with Crippen LogP contribution in [0, 0.1) is 0 Å². The molecule has 0 bridgehead atoms. The van der Waals surface area contributed by atoms with Crippen molar-refractivity contribution in [3.8, 4) is 0 Å². The largest absolute Gasteiger partial charge is 0.271 e. The third-order valence-electron chi connectivity index (χ3n) is 3.23. The van der Waals surface area contributed by atoms with E-state index in [0.29, 0.717) is 0 Å². The van der Waals surface area contributed by atoms with Crippen LogP contribution in [0.2, 0.25) is 0 Å². The van der Waals surface area contributed by atoms with Gasteiger partial charge in [-0.25, -0.2) is 0 Å². The number of hydrogen-bond donors (Lipinski definition) is 0. The molecule has 0 aliphatic carbocycles. The molecule has 0 atom stereocenters. The zero-order valence-corrected chi connectivity index (χ0v) is 12.7. The van der Waals surface area contributed by atoms with Gasteiger partial charge in [-0.3, -0.25) is 9.59 Å². The van der Waals surface area contributed by atoms with Gasteiger partial charge in [0.25, 0.3) is 11.8 Å². The van der Waals surface area contributed by atoms with Crippen molar-refractivity contribution < 1.29 is 9.59 Å². The second kappa shape index (κ2) is 7.23. The summed E-state index contributed by atoms with van der Waals surface area (Å²) in [5.41, 5.74) is 0. The molecule has 0 radical (unpaired) electrons. The van der Waals surface area contributed by atoms with Crippen LogP contribution in [-0.2, 0) is 9.59 Å². The molecule has 2 amide bonds. The quantitative estimate of drug-likeness (QED) is 0.795. The Labute approximate surface area is 137 Å². The number of hydrazone groups is 2. The van der Waals surface area contributed by atoms with Crippen LogP contribution in [-0.4, -0.2) is 34.5 Å². The first kappa shape index (κ1) is 15.5. The molecule has 2 aromatic rings. The highest BCUT2D eigenvalue weighted by molar-refractivity contribution is 5.94. The van der Waals surface area contributed by atoms with E-state index >= 15 is 0 Å². The van der Waals surface area contributed by atoms with Gasteiger partial charge in [-0.05, 0) is 21.2 Å². The van der Waals surface area contributed by atoms with Crippen LogP contribution in [0.25, 0.3) is 10.8 Å². The van der Waals surface area contributed by atoms with E-state index in [1.165, 1.54) is 23.2 Å². The molecule has 0 saturated heterocycles. The predicted octanol–water partition coefficient (Wildman–Crippen LogP) is 2.54. The summed E-state index contributed by atoms with van der Waals surface area (Å²) in [6.45, 7) is 0. The lowest BCUT2D eigenvalue weighted by molar-refractivity contribution is -0.132. The van der Waals surface area contributed by atoms with Crippen molar-refractivity contribution in [2.75, 3.05) is 0 Å². The Hall–Kier alpha value is -3.42. The van der Waals surface area contributed by atoms with E-state index in [4.69, 9.17) is 0 Å². The van der Waals surface area contributed by atoms with Gasteiger partial charge < -0.3 is 0 Å². The molecule has 2 aromatic carbocycles. The molecule has 8 heteroatoms. The number of fused-ring (bicyclic) bond motifs is 1. The van der Waals surface area contributed by atoms with E-state index in [9.17, 15) is 9.59 Å². The number of carbonyl (C=O) groups is 2. The first-order valence-electron chi connectivity index (χ1n) is 7.30. The van der Waals surface area contributed by atoms with Gasteiger partial charge in [0, 0.05) is 12.4 Å². The van der Waals surface area contributed by atoms with Gasteiger partial charge in [0.15, 0.2) is 0 Å². The van der Waals surface area contributed by atoms with Crippen LogP contribution in [0.4, 0.5) is 0 Å². The molecule has 4 rings (SSSR count). The second-order valence-electron chi connectivity index (χ2n) is 4.90. The van der Waals surface area contributed by atoms with Gasteiger partial charge in [0.05, 0.1) is 12.8 Å². The summed E-state index contributed by atoms with van der Waals surface area (Å²) in [5.74, 6) is -0.575. The van der Waals surface area contributed by atoms with Gasteiger partial charge in [-0.15, -0.1) is 0 Å². The normalized spacial score (nSPS) is 16.3. The third kappa shape index (κ3) is 3.67. The average Bonchev–Trinajstić information content (AvgIpc) is 3.22. The number of rotatable bonds is 2. The van der Waals surface area contributed by atoms with Crippen LogP contribution in [0.15, 0.2) is 69.2 Å². The summed E-state index contributed by atoms with van der Waals surface area (Å²) in [7, 11) is 0. The lowest BCUT2D eigenvalue weighted by atomic mass is 10.1. The Kier molecular flexibility index (Phi) is 4.66. The Morgan fingerprint density at radius 3 is 1.38 bits per heavy atom. The lowest BCUT2D eigenvalue weighted by Crippen LogP contribution is -2.17. The number of hydrogen-bond acceptors (Lipinski definition) is 6. The zero-order chi connectivity index (χ0) is 16.8. The van der Waals surface area contributed by atoms with Gasteiger partial charge >= 0.3 is 0 Å². The Balaban J connectivity index is 0.000000149. The van der Waals surface area contributed by atoms with Crippen molar-refractivity contribution in [1.29, 1.82) is 0 Å². The Morgan fingerprint density at radius 2 is 1.08 bits per heavy atom. The van der Waals surface area contributed by atoms with Crippen molar-refractivity contribution >= 4 is 35.0 Å². The fourth-order valence-electron chi connectivity index (χ4n) is 2.04.